The summed E-state index contributed by atoms with van der Waals surface area (Å²) in [6.07, 6.45) is -4.34. The van der Waals surface area contributed by atoms with Crippen molar-refractivity contribution in [2.24, 2.45) is 0 Å². The lowest BCUT2D eigenvalue weighted by atomic mass is 10.1. The Bertz CT molecular complexity index is 654. The monoisotopic (exact) mass is 312 g/mol. The average molecular weight is 312 g/mol. The van der Waals surface area contributed by atoms with Gasteiger partial charge in [0.25, 0.3) is 0 Å². The van der Waals surface area contributed by atoms with Crippen molar-refractivity contribution < 1.29 is 22.7 Å². The molecule has 0 heterocycles. The van der Waals surface area contributed by atoms with Gasteiger partial charge in [0.2, 0.25) is 0 Å². The van der Waals surface area contributed by atoms with Crippen molar-refractivity contribution in [1.29, 1.82) is 0 Å². The predicted octanol–water partition coefficient (Wildman–Crippen LogP) is 4.68. The molecule has 6 heteroatoms. The molecule has 0 atom stereocenters. The normalized spacial score (nSPS) is 11.2. The number of ether oxygens (including phenoxy) is 1. The van der Waals surface area contributed by atoms with Crippen molar-refractivity contribution in [3.63, 3.8) is 0 Å². The van der Waals surface area contributed by atoms with Crippen LogP contribution in [0.25, 0.3) is 0 Å². The maximum atomic E-state index is 12.9. The summed E-state index contributed by atoms with van der Waals surface area (Å²) in [7, 11) is 1.52. The van der Waals surface area contributed by atoms with Crippen LogP contribution in [0.1, 0.15) is 15.9 Å². The molecule has 0 radical (unpaired) electrons. The van der Waals surface area contributed by atoms with Gasteiger partial charge in [0.15, 0.2) is 6.29 Å². The standard InChI is InChI=1S/C15H11F3O2S/c1-20-11-3-2-4-12(7-11)21-13-6-5-10(9-19)14(8-13)15(16,17)18/h2-9H,1H3. The summed E-state index contributed by atoms with van der Waals surface area (Å²) in [5, 5.41) is 0. The number of carbonyl (C=O) groups is 1. The van der Waals surface area contributed by atoms with Gasteiger partial charge in [-0.2, -0.15) is 13.2 Å². The van der Waals surface area contributed by atoms with Crippen LogP contribution in [0.3, 0.4) is 0 Å². The Kier molecular flexibility index (Phi) is 4.57. The quantitative estimate of drug-likeness (QED) is 0.767. The van der Waals surface area contributed by atoms with Gasteiger partial charge in [-0.1, -0.05) is 17.8 Å². The molecular weight excluding hydrogens is 301 g/mol. The molecule has 0 amide bonds. The van der Waals surface area contributed by atoms with Gasteiger partial charge in [0.05, 0.1) is 12.7 Å². The molecule has 21 heavy (non-hydrogen) atoms. The molecule has 0 unspecified atom stereocenters. The van der Waals surface area contributed by atoms with E-state index < -0.39 is 11.7 Å². The molecule has 0 saturated heterocycles. The van der Waals surface area contributed by atoms with Crippen molar-refractivity contribution >= 4 is 18.0 Å². The Labute approximate surface area is 123 Å². The zero-order chi connectivity index (χ0) is 15.5. The molecule has 0 bridgehead atoms. The molecule has 0 N–H and O–H groups in total. The molecule has 110 valence electrons. The molecule has 0 fully saturated rings. The third kappa shape index (κ3) is 3.78. The van der Waals surface area contributed by atoms with E-state index >= 15 is 0 Å². The number of methoxy groups -OCH3 is 1. The lowest BCUT2D eigenvalue weighted by Gasteiger charge is -2.11. The van der Waals surface area contributed by atoms with Crippen molar-refractivity contribution in [1.82, 2.24) is 0 Å². The molecule has 0 aromatic heterocycles. The Balaban J connectivity index is 2.34. The number of benzene rings is 2. The second kappa shape index (κ2) is 6.22. The van der Waals surface area contributed by atoms with E-state index in [-0.39, 0.29) is 11.8 Å². The molecule has 0 aliphatic heterocycles. The van der Waals surface area contributed by atoms with Gasteiger partial charge in [0.1, 0.15) is 5.75 Å². The van der Waals surface area contributed by atoms with Gasteiger partial charge in [-0.3, -0.25) is 4.79 Å². The number of aldehydes is 1. The number of carbonyl (C=O) groups excluding carboxylic acids is 1. The lowest BCUT2D eigenvalue weighted by Crippen LogP contribution is -2.08. The largest absolute Gasteiger partial charge is 0.497 e. The van der Waals surface area contributed by atoms with Crippen molar-refractivity contribution in [2.75, 3.05) is 7.11 Å². The summed E-state index contributed by atoms with van der Waals surface area (Å²) < 4.78 is 43.7. The molecule has 0 saturated carbocycles. The fourth-order valence-electron chi connectivity index (χ4n) is 1.75. The molecule has 0 spiro atoms. The van der Waals surface area contributed by atoms with Crippen LogP contribution in [0.4, 0.5) is 13.2 Å². The van der Waals surface area contributed by atoms with Crippen LogP contribution in [-0.4, -0.2) is 13.4 Å². The highest BCUT2D eigenvalue weighted by atomic mass is 32.2. The number of hydrogen-bond acceptors (Lipinski definition) is 3. The number of alkyl halides is 3. The van der Waals surface area contributed by atoms with Gasteiger partial charge in [-0.15, -0.1) is 0 Å². The third-order valence-electron chi connectivity index (χ3n) is 2.73. The first-order chi connectivity index (χ1) is 9.94. The minimum atomic E-state index is -4.55. The zero-order valence-electron chi connectivity index (χ0n) is 11.0. The first kappa shape index (κ1) is 15.4. The zero-order valence-corrected chi connectivity index (χ0v) is 11.8. The summed E-state index contributed by atoms with van der Waals surface area (Å²) >= 11 is 1.17. The maximum Gasteiger partial charge on any atom is 0.417 e. The third-order valence-corrected chi connectivity index (χ3v) is 3.71. The van der Waals surface area contributed by atoms with E-state index in [2.05, 4.69) is 0 Å². The number of rotatable bonds is 4. The van der Waals surface area contributed by atoms with E-state index in [4.69, 9.17) is 4.74 Å². The summed E-state index contributed by atoms with van der Waals surface area (Å²) in [4.78, 5) is 11.9. The van der Waals surface area contributed by atoms with E-state index in [9.17, 15) is 18.0 Å². The first-order valence-electron chi connectivity index (χ1n) is 5.92. The molecule has 0 aliphatic carbocycles. The van der Waals surface area contributed by atoms with Gasteiger partial charge in [-0.25, -0.2) is 0 Å². The van der Waals surface area contributed by atoms with Gasteiger partial charge in [-0.05, 0) is 36.4 Å². The topological polar surface area (TPSA) is 26.3 Å². The highest BCUT2D eigenvalue weighted by Gasteiger charge is 2.33. The second-order valence-electron chi connectivity index (χ2n) is 4.15. The van der Waals surface area contributed by atoms with Crippen LogP contribution in [-0.2, 0) is 6.18 Å². The molecular formula is C15H11F3O2S. The highest BCUT2D eigenvalue weighted by Crippen LogP contribution is 2.36. The Morgan fingerprint density at radius 1 is 1.10 bits per heavy atom. The van der Waals surface area contributed by atoms with Crippen LogP contribution in [0.2, 0.25) is 0 Å². The van der Waals surface area contributed by atoms with E-state index in [1.807, 2.05) is 0 Å². The first-order valence-corrected chi connectivity index (χ1v) is 6.74. The predicted molar refractivity (Wildman–Crippen MR) is 73.9 cm³/mol. The SMILES string of the molecule is COc1cccc(Sc2ccc(C=O)c(C(F)(F)F)c2)c1. The molecule has 0 aliphatic rings. The van der Waals surface area contributed by atoms with Crippen LogP contribution >= 0.6 is 11.8 Å². The van der Waals surface area contributed by atoms with Crippen LogP contribution < -0.4 is 4.74 Å². The van der Waals surface area contributed by atoms with Crippen LogP contribution in [0.15, 0.2) is 52.3 Å². The Hall–Kier alpha value is -1.95. The second-order valence-corrected chi connectivity index (χ2v) is 5.29. The number of hydrogen-bond donors (Lipinski definition) is 0. The van der Waals surface area contributed by atoms with Gasteiger partial charge in [0, 0.05) is 15.4 Å². The smallest absolute Gasteiger partial charge is 0.417 e. The summed E-state index contributed by atoms with van der Waals surface area (Å²) in [6.45, 7) is 0. The van der Waals surface area contributed by atoms with Crippen LogP contribution in [0, 0.1) is 0 Å². The number of halogens is 3. The van der Waals surface area contributed by atoms with Gasteiger partial charge >= 0.3 is 6.18 Å². The molecule has 2 rings (SSSR count). The summed E-state index contributed by atoms with van der Waals surface area (Å²) in [6, 6.07) is 10.7. The fourth-order valence-corrected chi connectivity index (χ4v) is 2.65. The van der Waals surface area contributed by atoms with Crippen LogP contribution in [0.5, 0.6) is 5.75 Å². The molecule has 2 nitrogen and oxygen atoms in total. The van der Waals surface area contributed by atoms with E-state index in [0.717, 1.165) is 11.0 Å². The van der Waals surface area contributed by atoms with E-state index in [1.165, 1.54) is 31.0 Å². The fraction of sp³-hybridized carbons (Fsp3) is 0.133. The Morgan fingerprint density at radius 3 is 2.43 bits per heavy atom. The van der Waals surface area contributed by atoms with Gasteiger partial charge < -0.3 is 4.74 Å². The minimum absolute atomic E-state index is 0.211. The van der Waals surface area contributed by atoms with Crippen molar-refractivity contribution in [3.05, 3.63) is 53.6 Å². The lowest BCUT2D eigenvalue weighted by molar-refractivity contribution is -0.138. The maximum absolute atomic E-state index is 12.9. The van der Waals surface area contributed by atoms with Crippen molar-refractivity contribution in [3.8, 4) is 5.75 Å². The van der Waals surface area contributed by atoms with E-state index in [0.29, 0.717) is 10.6 Å². The average Bonchev–Trinajstić information content (AvgIpc) is 2.46. The highest BCUT2D eigenvalue weighted by molar-refractivity contribution is 7.99. The van der Waals surface area contributed by atoms with E-state index in [1.54, 1.807) is 24.3 Å². The molecule has 2 aromatic carbocycles. The molecule has 2 aromatic rings. The minimum Gasteiger partial charge on any atom is -0.497 e. The summed E-state index contributed by atoms with van der Waals surface area (Å²) in [5.41, 5.74) is -1.29. The Morgan fingerprint density at radius 2 is 1.81 bits per heavy atom. The van der Waals surface area contributed by atoms with Crippen molar-refractivity contribution in [2.45, 2.75) is 16.0 Å². The summed E-state index contributed by atoms with van der Waals surface area (Å²) in [5.74, 6) is 0.626.